The van der Waals surface area contributed by atoms with Gasteiger partial charge in [-0.05, 0) is 19.8 Å². The predicted molar refractivity (Wildman–Crippen MR) is 53.7 cm³/mol. The van der Waals surface area contributed by atoms with Gasteiger partial charge in [0.05, 0.1) is 6.61 Å². The Hall–Kier alpha value is -0.570. The fourth-order valence-corrected chi connectivity index (χ4v) is 2.47. The lowest BCUT2D eigenvalue weighted by Crippen LogP contribution is -2.39. The standard InChI is InChI=1S/C11H19NO2/c1-9-12(7-8-14-9)11(13)10-5-3-2-4-6-10/h9-10H,2-8H2,1H3. The van der Waals surface area contributed by atoms with Crippen molar-refractivity contribution in [3.63, 3.8) is 0 Å². The van der Waals surface area contributed by atoms with Crippen LogP contribution in [-0.2, 0) is 9.53 Å². The van der Waals surface area contributed by atoms with E-state index in [0.717, 1.165) is 19.4 Å². The average molecular weight is 197 g/mol. The molecule has 0 radical (unpaired) electrons. The van der Waals surface area contributed by atoms with Crippen LogP contribution in [0.5, 0.6) is 0 Å². The third-order valence-electron chi connectivity index (χ3n) is 3.37. The molecule has 1 saturated heterocycles. The number of amides is 1. The summed E-state index contributed by atoms with van der Waals surface area (Å²) in [5, 5.41) is 0. The topological polar surface area (TPSA) is 29.5 Å². The van der Waals surface area contributed by atoms with Crippen molar-refractivity contribution in [3.8, 4) is 0 Å². The molecule has 0 aromatic heterocycles. The number of hydrogen-bond acceptors (Lipinski definition) is 2. The first-order chi connectivity index (χ1) is 6.79. The summed E-state index contributed by atoms with van der Waals surface area (Å²) in [5.74, 6) is 0.614. The molecule has 1 atom stereocenters. The first kappa shape index (κ1) is 9.97. The second kappa shape index (κ2) is 4.30. The average Bonchev–Trinajstić information content (AvgIpc) is 2.65. The zero-order valence-electron chi connectivity index (χ0n) is 8.87. The Morgan fingerprint density at radius 1 is 1.29 bits per heavy atom. The van der Waals surface area contributed by atoms with Crippen LogP contribution in [0.2, 0.25) is 0 Å². The highest BCUT2D eigenvalue weighted by Crippen LogP contribution is 2.27. The van der Waals surface area contributed by atoms with Gasteiger partial charge in [0.2, 0.25) is 5.91 Å². The summed E-state index contributed by atoms with van der Waals surface area (Å²) < 4.78 is 5.38. The van der Waals surface area contributed by atoms with Gasteiger partial charge >= 0.3 is 0 Å². The second-order valence-electron chi connectivity index (χ2n) is 4.34. The number of rotatable bonds is 1. The van der Waals surface area contributed by atoms with Crippen LogP contribution in [0.4, 0.5) is 0 Å². The van der Waals surface area contributed by atoms with E-state index < -0.39 is 0 Å². The van der Waals surface area contributed by atoms with Gasteiger partial charge < -0.3 is 9.64 Å². The van der Waals surface area contributed by atoms with E-state index >= 15 is 0 Å². The lowest BCUT2D eigenvalue weighted by atomic mass is 9.88. The van der Waals surface area contributed by atoms with E-state index in [-0.39, 0.29) is 12.1 Å². The van der Waals surface area contributed by atoms with Crippen LogP contribution >= 0.6 is 0 Å². The van der Waals surface area contributed by atoms with Crippen molar-refractivity contribution in [2.45, 2.75) is 45.3 Å². The molecule has 1 heterocycles. The molecule has 1 saturated carbocycles. The first-order valence-electron chi connectivity index (χ1n) is 5.71. The molecule has 80 valence electrons. The Morgan fingerprint density at radius 3 is 2.57 bits per heavy atom. The molecule has 0 aromatic rings. The minimum atomic E-state index is 0.00410. The molecule has 2 rings (SSSR count). The number of carbonyl (C=O) groups excluding carboxylic acids is 1. The molecular formula is C11H19NO2. The monoisotopic (exact) mass is 197 g/mol. The Labute approximate surface area is 85.4 Å². The van der Waals surface area contributed by atoms with Crippen LogP contribution in [0.3, 0.4) is 0 Å². The van der Waals surface area contributed by atoms with E-state index in [9.17, 15) is 4.79 Å². The van der Waals surface area contributed by atoms with E-state index in [4.69, 9.17) is 4.74 Å². The fraction of sp³-hybridized carbons (Fsp3) is 0.909. The third-order valence-corrected chi connectivity index (χ3v) is 3.37. The lowest BCUT2D eigenvalue weighted by molar-refractivity contribution is -0.140. The zero-order chi connectivity index (χ0) is 9.97. The Kier molecular flexibility index (Phi) is 3.06. The molecule has 14 heavy (non-hydrogen) atoms. The molecule has 0 bridgehead atoms. The molecule has 2 aliphatic rings. The normalized spacial score (nSPS) is 29.5. The van der Waals surface area contributed by atoms with Gasteiger partial charge in [-0.15, -0.1) is 0 Å². The van der Waals surface area contributed by atoms with Gasteiger partial charge in [0.25, 0.3) is 0 Å². The molecule has 0 spiro atoms. The van der Waals surface area contributed by atoms with Gasteiger partial charge in [0.1, 0.15) is 6.23 Å². The van der Waals surface area contributed by atoms with Crippen molar-refractivity contribution in [2.24, 2.45) is 5.92 Å². The number of hydrogen-bond donors (Lipinski definition) is 0. The summed E-state index contributed by atoms with van der Waals surface area (Å²) in [5.41, 5.74) is 0. The largest absolute Gasteiger partial charge is 0.357 e. The van der Waals surface area contributed by atoms with Crippen molar-refractivity contribution in [1.82, 2.24) is 4.90 Å². The molecule has 1 amide bonds. The summed E-state index contributed by atoms with van der Waals surface area (Å²) in [6.45, 7) is 3.46. The lowest BCUT2D eigenvalue weighted by Gasteiger charge is -2.27. The molecule has 1 aliphatic carbocycles. The molecule has 1 aliphatic heterocycles. The van der Waals surface area contributed by atoms with E-state index in [1.165, 1.54) is 19.3 Å². The predicted octanol–water partition coefficient (Wildman–Crippen LogP) is 1.77. The van der Waals surface area contributed by atoms with Crippen LogP contribution in [0.1, 0.15) is 39.0 Å². The third kappa shape index (κ3) is 1.92. The summed E-state index contributed by atoms with van der Waals surface area (Å²) >= 11 is 0. The van der Waals surface area contributed by atoms with Gasteiger partial charge in [-0.3, -0.25) is 4.79 Å². The van der Waals surface area contributed by atoms with Gasteiger partial charge in [-0.25, -0.2) is 0 Å². The highest BCUT2D eigenvalue weighted by molar-refractivity contribution is 5.79. The van der Waals surface area contributed by atoms with Gasteiger partial charge in [-0.1, -0.05) is 19.3 Å². The van der Waals surface area contributed by atoms with Crippen molar-refractivity contribution in [3.05, 3.63) is 0 Å². The maximum absolute atomic E-state index is 12.1. The van der Waals surface area contributed by atoms with Gasteiger partial charge in [-0.2, -0.15) is 0 Å². The van der Waals surface area contributed by atoms with E-state index in [1.54, 1.807) is 0 Å². The SMILES string of the molecule is CC1OCCN1C(=O)C1CCCCC1. The van der Waals surface area contributed by atoms with Crippen molar-refractivity contribution in [2.75, 3.05) is 13.2 Å². The maximum Gasteiger partial charge on any atom is 0.227 e. The van der Waals surface area contributed by atoms with Gasteiger partial charge in [0, 0.05) is 12.5 Å². The first-order valence-corrected chi connectivity index (χ1v) is 5.71. The molecule has 3 heteroatoms. The second-order valence-corrected chi connectivity index (χ2v) is 4.34. The van der Waals surface area contributed by atoms with E-state index in [2.05, 4.69) is 0 Å². The van der Waals surface area contributed by atoms with E-state index in [1.807, 2.05) is 11.8 Å². The molecule has 2 fully saturated rings. The van der Waals surface area contributed by atoms with Crippen LogP contribution in [0.15, 0.2) is 0 Å². The van der Waals surface area contributed by atoms with E-state index in [0.29, 0.717) is 12.5 Å². The number of carbonyl (C=O) groups is 1. The summed E-state index contributed by atoms with van der Waals surface area (Å²) in [6, 6.07) is 0. The van der Waals surface area contributed by atoms with Crippen molar-refractivity contribution < 1.29 is 9.53 Å². The number of ether oxygens (including phenoxy) is 1. The molecule has 0 N–H and O–H groups in total. The number of nitrogens with zero attached hydrogens (tertiary/aromatic N) is 1. The Balaban J connectivity index is 1.92. The zero-order valence-corrected chi connectivity index (χ0v) is 8.87. The van der Waals surface area contributed by atoms with Gasteiger partial charge in [0.15, 0.2) is 0 Å². The highest BCUT2D eigenvalue weighted by atomic mass is 16.5. The molecular weight excluding hydrogens is 178 g/mol. The van der Waals surface area contributed by atoms with Crippen LogP contribution < -0.4 is 0 Å². The quantitative estimate of drug-likeness (QED) is 0.641. The molecule has 1 unspecified atom stereocenters. The summed E-state index contributed by atoms with van der Waals surface area (Å²) in [4.78, 5) is 14.0. The van der Waals surface area contributed by atoms with Crippen LogP contribution in [-0.4, -0.2) is 30.2 Å². The minimum absolute atomic E-state index is 0.00410. The van der Waals surface area contributed by atoms with Crippen molar-refractivity contribution >= 4 is 5.91 Å². The molecule has 0 aromatic carbocycles. The van der Waals surface area contributed by atoms with Crippen LogP contribution in [0.25, 0.3) is 0 Å². The summed E-state index contributed by atoms with van der Waals surface area (Å²) in [7, 11) is 0. The minimum Gasteiger partial charge on any atom is -0.357 e. The molecule has 3 nitrogen and oxygen atoms in total. The van der Waals surface area contributed by atoms with Crippen LogP contribution in [0, 0.1) is 5.92 Å². The van der Waals surface area contributed by atoms with Crippen molar-refractivity contribution in [1.29, 1.82) is 0 Å². The Bertz CT molecular complexity index is 211. The Morgan fingerprint density at radius 2 is 2.00 bits per heavy atom. The summed E-state index contributed by atoms with van der Waals surface area (Å²) in [6.07, 6.45) is 5.92. The maximum atomic E-state index is 12.1. The smallest absolute Gasteiger partial charge is 0.227 e. The highest BCUT2D eigenvalue weighted by Gasteiger charge is 2.31. The fourth-order valence-electron chi connectivity index (χ4n) is 2.47.